The molecule has 6 nitrogen and oxygen atoms in total. The minimum Gasteiger partial charge on any atom is -0.398 e. The number of hydrogen-bond donors (Lipinski definition) is 1. The number of hydrogen-bond acceptors (Lipinski definition) is 6. The number of anilines is 1. The van der Waals surface area contributed by atoms with Crippen LogP contribution in [0.25, 0.3) is 11.5 Å². The molecule has 1 unspecified atom stereocenters. The predicted octanol–water partition coefficient (Wildman–Crippen LogP) is 2.06. The third kappa shape index (κ3) is 2.42. The van der Waals surface area contributed by atoms with Crippen LogP contribution in [0.5, 0.6) is 0 Å². The van der Waals surface area contributed by atoms with Gasteiger partial charge >= 0.3 is 0 Å². The van der Waals surface area contributed by atoms with Crippen LogP contribution in [-0.2, 0) is 9.47 Å². The molecule has 0 bridgehead atoms. The van der Waals surface area contributed by atoms with E-state index < -0.39 is 0 Å². The van der Waals surface area contributed by atoms with Crippen molar-refractivity contribution in [3.05, 3.63) is 29.0 Å². The quantitative estimate of drug-likeness (QED) is 0.848. The van der Waals surface area contributed by atoms with Gasteiger partial charge < -0.3 is 19.7 Å². The molecule has 1 aromatic heterocycles. The maximum Gasteiger partial charge on any atom is 0.261 e. The summed E-state index contributed by atoms with van der Waals surface area (Å²) < 4.78 is 16.0. The highest BCUT2D eigenvalue weighted by Gasteiger charge is 2.24. The molecule has 1 aromatic carbocycles. The molecule has 0 amide bonds. The largest absolute Gasteiger partial charge is 0.398 e. The van der Waals surface area contributed by atoms with Gasteiger partial charge in [-0.05, 0) is 12.1 Å². The van der Waals surface area contributed by atoms with Gasteiger partial charge in [-0.1, -0.05) is 22.8 Å². The number of benzene rings is 1. The highest BCUT2D eigenvalue weighted by Crippen LogP contribution is 2.32. The molecule has 0 spiro atoms. The zero-order valence-corrected chi connectivity index (χ0v) is 10.8. The van der Waals surface area contributed by atoms with Gasteiger partial charge in [0.1, 0.15) is 6.10 Å². The van der Waals surface area contributed by atoms with E-state index in [0.717, 1.165) is 0 Å². The van der Waals surface area contributed by atoms with Gasteiger partial charge in [-0.2, -0.15) is 4.98 Å². The summed E-state index contributed by atoms with van der Waals surface area (Å²) in [7, 11) is 0. The van der Waals surface area contributed by atoms with Crippen molar-refractivity contribution in [2.75, 3.05) is 25.6 Å². The summed E-state index contributed by atoms with van der Waals surface area (Å²) in [6.45, 7) is 1.51. The molecule has 1 atom stereocenters. The molecule has 0 saturated carbocycles. The van der Waals surface area contributed by atoms with E-state index in [1.165, 1.54) is 0 Å². The van der Waals surface area contributed by atoms with Crippen molar-refractivity contribution in [1.29, 1.82) is 0 Å². The molecule has 2 N–H and O–H groups in total. The van der Waals surface area contributed by atoms with Gasteiger partial charge in [-0.25, -0.2) is 0 Å². The van der Waals surface area contributed by atoms with Crippen molar-refractivity contribution in [3.8, 4) is 11.5 Å². The lowest BCUT2D eigenvalue weighted by Crippen LogP contribution is -2.22. The molecule has 1 saturated heterocycles. The fourth-order valence-electron chi connectivity index (χ4n) is 1.87. The van der Waals surface area contributed by atoms with E-state index in [1.54, 1.807) is 18.2 Å². The molecular weight excluding hydrogens is 270 g/mol. The number of ether oxygens (including phenoxy) is 2. The zero-order chi connectivity index (χ0) is 13.2. The van der Waals surface area contributed by atoms with Crippen LogP contribution in [0.3, 0.4) is 0 Å². The first kappa shape index (κ1) is 12.4. The second kappa shape index (κ2) is 5.16. The Morgan fingerprint density at radius 1 is 1.32 bits per heavy atom. The third-order valence-corrected chi connectivity index (χ3v) is 3.12. The molecule has 100 valence electrons. The van der Waals surface area contributed by atoms with Crippen molar-refractivity contribution >= 4 is 17.3 Å². The van der Waals surface area contributed by atoms with E-state index in [4.69, 9.17) is 31.3 Å². The number of nitrogens with two attached hydrogens (primary N) is 1. The topological polar surface area (TPSA) is 83.4 Å². The van der Waals surface area contributed by atoms with Crippen molar-refractivity contribution in [3.63, 3.8) is 0 Å². The average molecular weight is 282 g/mol. The van der Waals surface area contributed by atoms with Crippen LogP contribution in [0, 0.1) is 0 Å². The molecule has 3 rings (SSSR count). The fourth-order valence-corrected chi connectivity index (χ4v) is 2.13. The molecule has 19 heavy (non-hydrogen) atoms. The first-order valence-electron chi connectivity index (χ1n) is 5.83. The minimum absolute atomic E-state index is 0.285. The number of rotatable bonds is 2. The normalized spacial score (nSPS) is 19.5. The standard InChI is InChI=1S/C12H12ClN3O3/c13-7-2-1-3-8(14)10(7)12-15-11(16-19-12)9-6-17-4-5-18-9/h1-3,9H,4-6,14H2. The maximum atomic E-state index is 6.10. The second-order valence-corrected chi connectivity index (χ2v) is 4.50. The van der Waals surface area contributed by atoms with Crippen molar-refractivity contribution in [1.82, 2.24) is 10.1 Å². The number of nitrogen functional groups attached to an aromatic ring is 1. The van der Waals surface area contributed by atoms with Gasteiger partial charge in [0.2, 0.25) is 5.82 Å². The predicted molar refractivity (Wildman–Crippen MR) is 68.7 cm³/mol. The fraction of sp³-hybridized carbons (Fsp3) is 0.333. The van der Waals surface area contributed by atoms with Crippen LogP contribution in [-0.4, -0.2) is 30.0 Å². The van der Waals surface area contributed by atoms with Gasteiger partial charge in [-0.3, -0.25) is 0 Å². The highest BCUT2D eigenvalue weighted by atomic mass is 35.5. The third-order valence-electron chi connectivity index (χ3n) is 2.81. The monoisotopic (exact) mass is 281 g/mol. The molecule has 2 aromatic rings. The Morgan fingerprint density at radius 2 is 2.21 bits per heavy atom. The van der Waals surface area contributed by atoms with Crippen molar-refractivity contribution in [2.24, 2.45) is 0 Å². The molecule has 2 heterocycles. The minimum atomic E-state index is -0.310. The Hall–Kier alpha value is -1.63. The number of aromatic nitrogens is 2. The number of halogens is 1. The van der Waals surface area contributed by atoms with E-state index in [0.29, 0.717) is 41.9 Å². The Morgan fingerprint density at radius 3 is 2.95 bits per heavy atom. The lowest BCUT2D eigenvalue weighted by molar-refractivity contribution is -0.0941. The average Bonchev–Trinajstić information content (AvgIpc) is 2.89. The van der Waals surface area contributed by atoms with Crippen molar-refractivity contribution < 1.29 is 14.0 Å². The first-order chi connectivity index (χ1) is 9.25. The molecule has 0 radical (unpaired) electrons. The van der Waals surface area contributed by atoms with Gasteiger partial charge in [0.15, 0.2) is 0 Å². The molecule has 1 aliphatic rings. The van der Waals surface area contributed by atoms with Crippen LogP contribution in [0.15, 0.2) is 22.7 Å². The van der Waals surface area contributed by atoms with Gasteiger partial charge in [-0.15, -0.1) is 0 Å². The van der Waals surface area contributed by atoms with Gasteiger partial charge in [0, 0.05) is 5.69 Å². The molecule has 0 aliphatic carbocycles. The van der Waals surface area contributed by atoms with Crippen LogP contribution >= 0.6 is 11.6 Å². The van der Waals surface area contributed by atoms with E-state index in [1.807, 2.05) is 0 Å². The van der Waals surface area contributed by atoms with Crippen LogP contribution in [0.4, 0.5) is 5.69 Å². The molecule has 1 aliphatic heterocycles. The summed E-state index contributed by atoms with van der Waals surface area (Å²) in [6.07, 6.45) is -0.310. The molecule has 7 heteroatoms. The smallest absolute Gasteiger partial charge is 0.261 e. The summed E-state index contributed by atoms with van der Waals surface area (Å²) in [5.74, 6) is 0.723. The van der Waals surface area contributed by atoms with Crippen LogP contribution in [0.2, 0.25) is 5.02 Å². The van der Waals surface area contributed by atoms with Gasteiger partial charge in [0.05, 0.1) is 30.4 Å². The van der Waals surface area contributed by atoms with E-state index in [9.17, 15) is 0 Å². The van der Waals surface area contributed by atoms with Crippen molar-refractivity contribution in [2.45, 2.75) is 6.10 Å². The van der Waals surface area contributed by atoms with E-state index in [2.05, 4.69) is 10.1 Å². The Bertz CT molecular complexity index is 561. The summed E-state index contributed by atoms with van der Waals surface area (Å²) in [6, 6.07) is 5.21. The Balaban J connectivity index is 1.92. The highest BCUT2D eigenvalue weighted by molar-refractivity contribution is 6.33. The Labute approximate surface area is 114 Å². The SMILES string of the molecule is Nc1cccc(Cl)c1-c1nc(C2COCCO2)no1. The molecule has 1 fully saturated rings. The summed E-state index contributed by atoms with van der Waals surface area (Å²) in [4.78, 5) is 4.28. The zero-order valence-electron chi connectivity index (χ0n) is 10.0. The summed E-state index contributed by atoms with van der Waals surface area (Å²) in [5, 5.41) is 4.36. The lowest BCUT2D eigenvalue weighted by Gasteiger charge is -2.19. The van der Waals surface area contributed by atoms with Crippen LogP contribution in [0.1, 0.15) is 11.9 Å². The lowest BCUT2D eigenvalue weighted by atomic mass is 10.2. The van der Waals surface area contributed by atoms with E-state index in [-0.39, 0.29) is 12.0 Å². The molecular formula is C12H12ClN3O3. The number of nitrogens with zero attached hydrogens (tertiary/aromatic N) is 2. The maximum absolute atomic E-state index is 6.10. The Kier molecular flexibility index (Phi) is 3.37. The first-order valence-corrected chi connectivity index (χ1v) is 6.21. The second-order valence-electron chi connectivity index (χ2n) is 4.10. The summed E-state index contributed by atoms with van der Waals surface area (Å²) >= 11 is 6.10. The van der Waals surface area contributed by atoms with Crippen LogP contribution < -0.4 is 5.73 Å². The van der Waals surface area contributed by atoms with Gasteiger partial charge in [0.25, 0.3) is 5.89 Å². The summed E-state index contributed by atoms with van der Waals surface area (Å²) in [5.41, 5.74) is 6.90. The van der Waals surface area contributed by atoms with E-state index >= 15 is 0 Å².